The lowest BCUT2D eigenvalue weighted by Gasteiger charge is -2.28. The molecule has 1 aliphatic carbocycles. The van der Waals surface area contributed by atoms with Crippen LogP contribution in [0.4, 0.5) is 0 Å². The standard InChI is InChI=1S/C14H15ClO4S2/c1-12-7-9-14(10-8-12,21(15,18)19)20(16,17)11-13-5-3-2-4-6-13/h2-9H,10-11H2,1H3. The summed E-state index contributed by atoms with van der Waals surface area (Å²) in [5.41, 5.74) is 1.33. The van der Waals surface area contributed by atoms with Gasteiger partial charge in [0, 0.05) is 17.1 Å². The Labute approximate surface area is 129 Å². The first-order valence-electron chi connectivity index (χ1n) is 6.24. The number of benzene rings is 1. The van der Waals surface area contributed by atoms with Crippen molar-refractivity contribution in [1.29, 1.82) is 0 Å². The molecule has 1 atom stereocenters. The Morgan fingerprint density at radius 2 is 1.76 bits per heavy atom. The third-order valence-corrected chi connectivity index (χ3v) is 9.17. The topological polar surface area (TPSA) is 68.3 Å². The summed E-state index contributed by atoms with van der Waals surface area (Å²) in [6, 6.07) is 8.44. The molecule has 0 heterocycles. The summed E-state index contributed by atoms with van der Waals surface area (Å²) in [5.74, 6) is -0.378. The van der Waals surface area contributed by atoms with E-state index >= 15 is 0 Å². The lowest BCUT2D eigenvalue weighted by atomic mass is 10.1. The zero-order valence-electron chi connectivity index (χ0n) is 11.4. The summed E-state index contributed by atoms with van der Waals surface area (Å²) >= 11 is 0. The van der Waals surface area contributed by atoms with Crippen LogP contribution >= 0.6 is 10.7 Å². The fourth-order valence-electron chi connectivity index (χ4n) is 2.18. The highest BCUT2D eigenvalue weighted by Gasteiger charge is 2.52. The van der Waals surface area contributed by atoms with Gasteiger partial charge in [-0.25, -0.2) is 16.8 Å². The average Bonchev–Trinajstić information content (AvgIpc) is 2.38. The molecule has 114 valence electrons. The predicted molar refractivity (Wildman–Crippen MR) is 84.1 cm³/mol. The van der Waals surface area contributed by atoms with Crippen molar-refractivity contribution in [3.63, 3.8) is 0 Å². The zero-order chi connectivity index (χ0) is 15.7. The Hall–Kier alpha value is -1.11. The largest absolute Gasteiger partial charge is 0.256 e. The number of allylic oxidation sites excluding steroid dienone is 3. The first kappa shape index (κ1) is 16.3. The molecule has 1 aromatic rings. The highest BCUT2D eigenvalue weighted by Crippen LogP contribution is 2.39. The third-order valence-electron chi connectivity index (χ3n) is 3.45. The van der Waals surface area contributed by atoms with Gasteiger partial charge in [0.15, 0.2) is 9.84 Å². The molecule has 0 saturated heterocycles. The van der Waals surface area contributed by atoms with E-state index in [9.17, 15) is 16.8 Å². The Balaban J connectivity index is 2.51. The van der Waals surface area contributed by atoms with E-state index in [-0.39, 0.29) is 12.2 Å². The van der Waals surface area contributed by atoms with Gasteiger partial charge < -0.3 is 0 Å². The Morgan fingerprint density at radius 1 is 1.14 bits per heavy atom. The molecular formula is C14H15ClO4S2. The van der Waals surface area contributed by atoms with E-state index in [2.05, 4.69) is 0 Å². The lowest BCUT2D eigenvalue weighted by molar-refractivity contribution is 0.564. The minimum Gasteiger partial charge on any atom is -0.226 e. The van der Waals surface area contributed by atoms with Crippen LogP contribution in [-0.4, -0.2) is 20.9 Å². The molecule has 0 aliphatic heterocycles. The minimum atomic E-state index is -4.34. The van der Waals surface area contributed by atoms with E-state index in [1.807, 2.05) is 0 Å². The number of halogens is 1. The molecule has 0 amide bonds. The van der Waals surface area contributed by atoms with Gasteiger partial charge in [-0.3, -0.25) is 0 Å². The van der Waals surface area contributed by atoms with E-state index in [1.54, 1.807) is 43.3 Å². The van der Waals surface area contributed by atoms with E-state index in [0.29, 0.717) is 5.56 Å². The summed E-state index contributed by atoms with van der Waals surface area (Å²) in [4.78, 5) is 0. The first-order chi connectivity index (χ1) is 9.68. The van der Waals surface area contributed by atoms with Crippen molar-refractivity contribution >= 4 is 29.6 Å². The van der Waals surface area contributed by atoms with E-state index < -0.39 is 23.0 Å². The van der Waals surface area contributed by atoms with Crippen LogP contribution in [0.3, 0.4) is 0 Å². The van der Waals surface area contributed by atoms with Crippen molar-refractivity contribution in [2.45, 2.75) is 23.2 Å². The van der Waals surface area contributed by atoms with Crippen molar-refractivity contribution < 1.29 is 16.8 Å². The van der Waals surface area contributed by atoms with Crippen LogP contribution in [0.2, 0.25) is 0 Å². The molecule has 2 rings (SSSR count). The molecular weight excluding hydrogens is 332 g/mol. The first-order valence-corrected chi connectivity index (χ1v) is 10.2. The van der Waals surface area contributed by atoms with Gasteiger partial charge in [0.25, 0.3) is 9.05 Å². The molecule has 0 aromatic heterocycles. The van der Waals surface area contributed by atoms with Gasteiger partial charge in [-0.1, -0.05) is 48.1 Å². The van der Waals surface area contributed by atoms with Crippen molar-refractivity contribution in [3.8, 4) is 0 Å². The molecule has 1 aromatic carbocycles. The highest BCUT2D eigenvalue weighted by molar-refractivity contribution is 8.23. The van der Waals surface area contributed by atoms with Crippen LogP contribution in [-0.2, 0) is 24.6 Å². The summed E-state index contributed by atoms with van der Waals surface area (Å²) in [6.07, 6.45) is 4.06. The highest BCUT2D eigenvalue weighted by atomic mass is 35.7. The van der Waals surface area contributed by atoms with Crippen molar-refractivity contribution in [2.75, 3.05) is 0 Å². The molecule has 7 heteroatoms. The van der Waals surface area contributed by atoms with Gasteiger partial charge in [-0.05, 0) is 18.6 Å². The quantitative estimate of drug-likeness (QED) is 0.786. The van der Waals surface area contributed by atoms with Crippen LogP contribution in [0, 0.1) is 0 Å². The van der Waals surface area contributed by atoms with Crippen molar-refractivity contribution in [1.82, 2.24) is 0 Å². The van der Waals surface area contributed by atoms with Gasteiger partial charge in [0.05, 0.1) is 5.75 Å². The van der Waals surface area contributed by atoms with E-state index in [4.69, 9.17) is 10.7 Å². The third kappa shape index (κ3) is 3.07. The summed E-state index contributed by atoms with van der Waals surface area (Å²) in [7, 11) is -2.89. The van der Waals surface area contributed by atoms with Crippen LogP contribution in [0.15, 0.2) is 54.1 Å². The molecule has 0 saturated carbocycles. The summed E-state index contributed by atoms with van der Waals surface area (Å²) in [6.45, 7) is 1.77. The number of sulfone groups is 1. The second kappa shape index (κ2) is 5.59. The van der Waals surface area contributed by atoms with E-state index in [0.717, 1.165) is 5.57 Å². The van der Waals surface area contributed by atoms with Crippen LogP contribution in [0.25, 0.3) is 0 Å². The van der Waals surface area contributed by atoms with Gasteiger partial charge in [0.2, 0.25) is 4.08 Å². The Kier molecular flexibility index (Phi) is 4.33. The zero-order valence-corrected chi connectivity index (χ0v) is 13.7. The van der Waals surface area contributed by atoms with Gasteiger partial charge in [-0.15, -0.1) is 0 Å². The summed E-state index contributed by atoms with van der Waals surface area (Å²) in [5, 5.41) is 0. The van der Waals surface area contributed by atoms with Gasteiger partial charge >= 0.3 is 0 Å². The maximum atomic E-state index is 12.7. The van der Waals surface area contributed by atoms with Crippen molar-refractivity contribution in [2.24, 2.45) is 0 Å². The minimum absolute atomic E-state index is 0.170. The van der Waals surface area contributed by atoms with Gasteiger partial charge in [-0.2, -0.15) is 0 Å². The molecule has 0 fully saturated rings. The molecule has 21 heavy (non-hydrogen) atoms. The number of hydrogen-bond donors (Lipinski definition) is 0. The van der Waals surface area contributed by atoms with Crippen LogP contribution < -0.4 is 0 Å². The maximum Gasteiger partial charge on any atom is 0.256 e. The number of hydrogen-bond acceptors (Lipinski definition) is 4. The second-order valence-corrected chi connectivity index (χ2v) is 10.3. The molecule has 0 bridgehead atoms. The van der Waals surface area contributed by atoms with E-state index in [1.165, 1.54) is 12.2 Å². The smallest absolute Gasteiger partial charge is 0.226 e. The van der Waals surface area contributed by atoms with Crippen LogP contribution in [0.5, 0.6) is 0 Å². The SMILES string of the molecule is CC1=CCC(S(=O)(=O)Cl)(S(=O)(=O)Cc2ccccc2)C=C1. The molecule has 0 radical (unpaired) electrons. The fourth-order valence-corrected chi connectivity index (χ4v) is 6.78. The van der Waals surface area contributed by atoms with Crippen molar-refractivity contribution in [3.05, 3.63) is 59.7 Å². The van der Waals surface area contributed by atoms with Gasteiger partial charge in [0.1, 0.15) is 0 Å². The van der Waals surface area contributed by atoms with Crippen LogP contribution in [0.1, 0.15) is 18.9 Å². The lowest BCUT2D eigenvalue weighted by Crippen LogP contribution is -2.43. The monoisotopic (exact) mass is 346 g/mol. The molecule has 0 spiro atoms. The normalized spacial score (nSPS) is 22.9. The Bertz CT molecular complexity index is 793. The summed E-state index contributed by atoms with van der Waals surface area (Å²) < 4.78 is 47.2. The number of rotatable bonds is 4. The average molecular weight is 347 g/mol. The predicted octanol–water partition coefficient (Wildman–Crippen LogP) is 2.77. The molecule has 4 nitrogen and oxygen atoms in total. The molecule has 0 N–H and O–H groups in total. The Morgan fingerprint density at radius 3 is 2.24 bits per heavy atom. The fraction of sp³-hybridized carbons (Fsp3) is 0.286. The maximum absolute atomic E-state index is 12.7. The molecule has 1 unspecified atom stereocenters. The molecule has 1 aliphatic rings. The second-order valence-electron chi connectivity index (χ2n) is 4.98.